The molecule has 0 bridgehead atoms. The molecule has 80 valence electrons. The Morgan fingerprint density at radius 3 is 2.71 bits per heavy atom. The van der Waals surface area contributed by atoms with Crippen molar-refractivity contribution >= 4 is 23.2 Å². The van der Waals surface area contributed by atoms with Crippen molar-refractivity contribution in [3.8, 4) is 0 Å². The summed E-state index contributed by atoms with van der Waals surface area (Å²) < 4.78 is 0. The summed E-state index contributed by atoms with van der Waals surface area (Å²) in [5.74, 6) is 0.197. The van der Waals surface area contributed by atoms with Gasteiger partial charge >= 0.3 is 6.03 Å². The monoisotopic (exact) mass is 215 g/mol. The van der Waals surface area contributed by atoms with Gasteiger partial charge in [-0.2, -0.15) is 0 Å². The molecule has 14 heavy (non-hydrogen) atoms. The van der Waals surface area contributed by atoms with Gasteiger partial charge in [0.2, 0.25) is 0 Å². The molecule has 0 radical (unpaired) electrons. The summed E-state index contributed by atoms with van der Waals surface area (Å²) in [6.45, 7) is 1.49. The molecule has 1 rings (SSSR count). The number of thiocarbonyl (C=S) groups is 1. The molecule has 2 N–H and O–H groups in total. The molecule has 1 atom stereocenters. The van der Waals surface area contributed by atoms with E-state index in [1.54, 1.807) is 19.0 Å². The van der Waals surface area contributed by atoms with Gasteiger partial charge in [-0.25, -0.2) is 4.79 Å². The zero-order chi connectivity index (χ0) is 10.7. The first-order chi connectivity index (χ1) is 6.52. The van der Waals surface area contributed by atoms with Crippen molar-refractivity contribution in [1.82, 2.24) is 9.80 Å². The second kappa shape index (κ2) is 4.59. The van der Waals surface area contributed by atoms with Gasteiger partial charge < -0.3 is 15.5 Å². The number of carbonyl (C=O) groups is 1. The van der Waals surface area contributed by atoms with Crippen molar-refractivity contribution < 1.29 is 4.79 Å². The molecule has 0 spiro atoms. The lowest BCUT2D eigenvalue weighted by Gasteiger charge is -2.33. The normalized spacial score (nSPS) is 21.9. The number of urea groups is 1. The Morgan fingerprint density at radius 1 is 1.57 bits per heavy atom. The molecule has 1 fully saturated rings. The number of hydrogen-bond acceptors (Lipinski definition) is 2. The fourth-order valence-electron chi connectivity index (χ4n) is 1.67. The molecule has 1 heterocycles. The predicted molar refractivity (Wildman–Crippen MR) is 60.2 cm³/mol. The van der Waals surface area contributed by atoms with Gasteiger partial charge in [-0.1, -0.05) is 12.2 Å². The van der Waals surface area contributed by atoms with Crippen LogP contribution in [0.1, 0.15) is 12.8 Å². The van der Waals surface area contributed by atoms with Gasteiger partial charge in [0.25, 0.3) is 0 Å². The maximum absolute atomic E-state index is 11.6. The topological polar surface area (TPSA) is 49.6 Å². The molecule has 0 aromatic rings. The van der Waals surface area contributed by atoms with Crippen LogP contribution in [-0.4, -0.2) is 48.0 Å². The third-order valence-corrected chi connectivity index (χ3v) is 2.81. The van der Waals surface area contributed by atoms with Gasteiger partial charge in [0.1, 0.15) is 0 Å². The van der Waals surface area contributed by atoms with E-state index in [9.17, 15) is 4.79 Å². The molecule has 0 saturated carbocycles. The van der Waals surface area contributed by atoms with Crippen molar-refractivity contribution in [1.29, 1.82) is 0 Å². The Hall–Kier alpha value is -0.840. The molecular formula is C9H17N3OS. The Labute approximate surface area is 90.0 Å². The summed E-state index contributed by atoms with van der Waals surface area (Å²) in [7, 11) is 3.51. The molecule has 0 aromatic heterocycles. The third-order valence-electron chi connectivity index (χ3n) is 2.48. The van der Waals surface area contributed by atoms with E-state index in [2.05, 4.69) is 0 Å². The Morgan fingerprint density at radius 2 is 2.21 bits per heavy atom. The maximum atomic E-state index is 11.6. The first-order valence-electron chi connectivity index (χ1n) is 4.78. The van der Waals surface area contributed by atoms with Crippen LogP contribution < -0.4 is 5.73 Å². The molecule has 1 aliphatic heterocycles. The summed E-state index contributed by atoms with van der Waals surface area (Å²) in [5, 5.41) is 0. The molecule has 0 aromatic carbocycles. The number of likely N-dealkylation sites (tertiary alicyclic amines) is 1. The number of hydrogen-bond donors (Lipinski definition) is 1. The second-order valence-corrected chi connectivity index (χ2v) is 4.34. The summed E-state index contributed by atoms with van der Waals surface area (Å²) in [4.78, 5) is 15.6. The molecular weight excluding hydrogens is 198 g/mol. The zero-order valence-corrected chi connectivity index (χ0v) is 9.51. The Bertz CT molecular complexity index is 242. The Kier molecular flexibility index (Phi) is 3.69. The fourth-order valence-corrected chi connectivity index (χ4v) is 1.86. The van der Waals surface area contributed by atoms with Crippen LogP contribution in [0.5, 0.6) is 0 Å². The standard InChI is InChI=1S/C9H17N3OS/c1-11(2)9(13)12-5-3-4-7(6-12)8(10)14/h7H,3-6H2,1-2H3,(H2,10,14). The van der Waals surface area contributed by atoms with Crippen LogP contribution in [0.3, 0.4) is 0 Å². The van der Waals surface area contributed by atoms with Gasteiger partial charge in [0.05, 0.1) is 4.99 Å². The van der Waals surface area contributed by atoms with Crippen LogP contribution in [0.15, 0.2) is 0 Å². The van der Waals surface area contributed by atoms with E-state index in [-0.39, 0.29) is 11.9 Å². The first-order valence-corrected chi connectivity index (χ1v) is 5.18. The average molecular weight is 215 g/mol. The van der Waals surface area contributed by atoms with E-state index >= 15 is 0 Å². The number of rotatable bonds is 1. The molecule has 1 saturated heterocycles. The van der Waals surface area contributed by atoms with Crippen molar-refractivity contribution in [3.05, 3.63) is 0 Å². The van der Waals surface area contributed by atoms with Crippen LogP contribution in [-0.2, 0) is 0 Å². The number of piperidine rings is 1. The highest BCUT2D eigenvalue weighted by Crippen LogP contribution is 2.17. The average Bonchev–Trinajstić information content (AvgIpc) is 2.16. The van der Waals surface area contributed by atoms with E-state index in [1.165, 1.54) is 0 Å². The third kappa shape index (κ3) is 2.57. The zero-order valence-electron chi connectivity index (χ0n) is 8.69. The highest BCUT2D eigenvalue weighted by Gasteiger charge is 2.25. The van der Waals surface area contributed by atoms with Crippen LogP contribution in [0.2, 0.25) is 0 Å². The molecule has 0 aliphatic carbocycles. The summed E-state index contributed by atoms with van der Waals surface area (Å²) in [6, 6.07) is 0.0472. The van der Waals surface area contributed by atoms with E-state index in [1.807, 2.05) is 4.90 Å². The molecule has 5 heteroatoms. The fraction of sp³-hybridized carbons (Fsp3) is 0.778. The van der Waals surface area contributed by atoms with Gasteiger partial charge in [-0.05, 0) is 12.8 Å². The predicted octanol–water partition coefficient (Wildman–Crippen LogP) is 0.666. The van der Waals surface area contributed by atoms with Crippen LogP contribution in [0.4, 0.5) is 4.79 Å². The maximum Gasteiger partial charge on any atom is 0.319 e. The van der Waals surface area contributed by atoms with Crippen molar-refractivity contribution in [2.45, 2.75) is 12.8 Å². The number of nitrogens with two attached hydrogens (primary N) is 1. The lowest BCUT2D eigenvalue weighted by molar-refractivity contribution is 0.153. The van der Waals surface area contributed by atoms with Crippen LogP contribution >= 0.6 is 12.2 Å². The van der Waals surface area contributed by atoms with E-state index in [4.69, 9.17) is 18.0 Å². The first kappa shape index (κ1) is 11.2. The molecule has 1 aliphatic rings. The van der Waals surface area contributed by atoms with Crippen molar-refractivity contribution in [2.75, 3.05) is 27.2 Å². The largest absolute Gasteiger partial charge is 0.393 e. The molecule has 1 unspecified atom stereocenters. The smallest absolute Gasteiger partial charge is 0.319 e. The number of amides is 2. The summed E-state index contributed by atoms with van der Waals surface area (Å²) in [5.41, 5.74) is 5.59. The summed E-state index contributed by atoms with van der Waals surface area (Å²) >= 11 is 4.95. The van der Waals surface area contributed by atoms with Crippen molar-refractivity contribution in [2.24, 2.45) is 11.7 Å². The van der Waals surface area contributed by atoms with Gasteiger partial charge in [-0.3, -0.25) is 0 Å². The number of nitrogens with zero attached hydrogens (tertiary/aromatic N) is 2. The van der Waals surface area contributed by atoms with Crippen LogP contribution in [0, 0.1) is 5.92 Å². The van der Waals surface area contributed by atoms with E-state index < -0.39 is 0 Å². The van der Waals surface area contributed by atoms with E-state index in [0.717, 1.165) is 19.4 Å². The molecule has 4 nitrogen and oxygen atoms in total. The lowest BCUT2D eigenvalue weighted by Crippen LogP contribution is -2.47. The SMILES string of the molecule is CN(C)C(=O)N1CCCC(C(N)=S)C1. The number of carbonyl (C=O) groups excluding carboxylic acids is 1. The van der Waals surface area contributed by atoms with Crippen molar-refractivity contribution in [3.63, 3.8) is 0 Å². The lowest BCUT2D eigenvalue weighted by atomic mass is 9.98. The minimum absolute atomic E-state index is 0.0472. The quantitative estimate of drug-likeness (QED) is 0.654. The second-order valence-electron chi connectivity index (χ2n) is 3.86. The van der Waals surface area contributed by atoms with Gasteiger partial charge in [0.15, 0.2) is 0 Å². The molecule has 2 amide bonds. The minimum Gasteiger partial charge on any atom is -0.393 e. The van der Waals surface area contributed by atoms with E-state index in [0.29, 0.717) is 11.5 Å². The highest BCUT2D eigenvalue weighted by atomic mass is 32.1. The van der Waals surface area contributed by atoms with Crippen LogP contribution in [0.25, 0.3) is 0 Å². The highest BCUT2D eigenvalue weighted by molar-refractivity contribution is 7.80. The Balaban J connectivity index is 2.56. The minimum atomic E-state index is 0.0472. The summed E-state index contributed by atoms with van der Waals surface area (Å²) in [6.07, 6.45) is 1.99. The van der Waals surface area contributed by atoms with Gasteiger partial charge in [-0.15, -0.1) is 0 Å². The van der Waals surface area contributed by atoms with Gasteiger partial charge in [0, 0.05) is 33.1 Å².